The summed E-state index contributed by atoms with van der Waals surface area (Å²) in [4.78, 5) is 12.4. The molecule has 2 atom stereocenters. The predicted octanol–water partition coefficient (Wildman–Crippen LogP) is 15.5. The Morgan fingerprint density at radius 2 is 0.764 bits per heavy atom. The van der Waals surface area contributed by atoms with E-state index < -0.39 is 12.1 Å². The number of amides is 1. The number of unbranched alkanes of at least 4 members (excludes halogenated alkanes) is 31. The van der Waals surface area contributed by atoms with E-state index in [0.717, 1.165) is 38.5 Å². The lowest BCUT2D eigenvalue weighted by molar-refractivity contribution is -0.123. The largest absolute Gasteiger partial charge is 0.394 e. The Balaban J connectivity index is 3.52. The Morgan fingerprint density at radius 3 is 1.16 bits per heavy atom. The van der Waals surface area contributed by atoms with Gasteiger partial charge in [-0.25, -0.2) is 0 Å². The Hall–Kier alpha value is -1.65. The van der Waals surface area contributed by atoms with Crippen molar-refractivity contribution in [3.63, 3.8) is 0 Å². The molecule has 3 N–H and O–H groups in total. The molecule has 1 amide bonds. The van der Waals surface area contributed by atoms with Crippen LogP contribution in [0.3, 0.4) is 0 Å². The van der Waals surface area contributed by atoms with Crippen LogP contribution >= 0.6 is 0 Å². The van der Waals surface area contributed by atoms with Crippen LogP contribution in [-0.2, 0) is 4.79 Å². The first kappa shape index (κ1) is 53.4. The zero-order valence-electron chi connectivity index (χ0n) is 36.9. The van der Waals surface area contributed by atoms with Crippen molar-refractivity contribution in [3.8, 4) is 0 Å². The molecule has 0 heterocycles. The van der Waals surface area contributed by atoms with Gasteiger partial charge in [0, 0.05) is 6.42 Å². The van der Waals surface area contributed by atoms with Crippen molar-refractivity contribution in [2.75, 3.05) is 6.61 Å². The molecule has 0 aromatic rings. The van der Waals surface area contributed by atoms with Crippen molar-refractivity contribution in [2.45, 2.75) is 264 Å². The van der Waals surface area contributed by atoms with Gasteiger partial charge in [0.05, 0.1) is 18.8 Å². The minimum Gasteiger partial charge on any atom is -0.394 e. The molecule has 0 radical (unpaired) electrons. The summed E-state index contributed by atoms with van der Waals surface area (Å²) in [6, 6.07) is -0.639. The lowest BCUT2D eigenvalue weighted by atomic mass is 10.0. The lowest BCUT2D eigenvalue weighted by Crippen LogP contribution is -2.45. The topological polar surface area (TPSA) is 69.6 Å². The van der Waals surface area contributed by atoms with Gasteiger partial charge in [-0.15, -0.1) is 0 Å². The van der Waals surface area contributed by atoms with Crippen LogP contribution in [-0.4, -0.2) is 34.9 Å². The van der Waals surface area contributed by atoms with E-state index in [1.54, 1.807) is 6.08 Å². The standard InChI is InChI=1S/C51H95NO3/c1-3-5-7-9-11-13-15-17-19-20-21-22-23-24-25-26-27-28-29-30-31-32-33-35-37-39-41-43-45-47-51(55)52-49(48-53)50(54)46-44-42-40-38-36-34-18-16-14-12-10-8-6-4-2/h21-22,24-25,36,38,44,46,49-50,53-54H,3-20,23,26-35,37,39-43,45,47-48H2,1-2H3,(H,52,55)/b22-21-,25-24-,38-36+,46-44+. The van der Waals surface area contributed by atoms with Gasteiger partial charge in [-0.3, -0.25) is 4.79 Å². The number of aliphatic hydroxyl groups is 2. The van der Waals surface area contributed by atoms with Gasteiger partial charge in [0.1, 0.15) is 0 Å². The number of nitrogens with one attached hydrogen (secondary N) is 1. The van der Waals surface area contributed by atoms with Crippen molar-refractivity contribution < 1.29 is 15.0 Å². The number of hydrogen-bond acceptors (Lipinski definition) is 3. The molecular formula is C51H95NO3. The van der Waals surface area contributed by atoms with E-state index in [9.17, 15) is 15.0 Å². The normalized spacial score (nSPS) is 13.3. The van der Waals surface area contributed by atoms with Crippen LogP contribution in [0.25, 0.3) is 0 Å². The number of rotatable bonds is 44. The molecule has 0 aliphatic carbocycles. The quantitative estimate of drug-likeness (QED) is 0.0427. The molecule has 0 rings (SSSR count). The summed E-state index contributed by atoms with van der Waals surface area (Å²) in [5.41, 5.74) is 0. The molecule has 0 aromatic heterocycles. The molecule has 0 aromatic carbocycles. The monoisotopic (exact) mass is 770 g/mol. The molecule has 0 saturated carbocycles. The predicted molar refractivity (Wildman–Crippen MR) is 244 cm³/mol. The highest BCUT2D eigenvalue weighted by Crippen LogP contribution is 2.15. The van der Waals surface area contributed by atoms with Crippen molar-refractivity contribution in [1.82, 2.24) is 5.32 Å². The van der Waals surface area contributed by atoms with Gasteiger partial charge in [0.2, 0.25) is 5.91 Å². The van der Waals surface area contributed by atoms with Crippen molar-refractivity contribution in [3.05, 3.63) is 48.6 Å². The molecule has 55 heavy (non-hydrogen) atoms. The maximum atomic E-state index is 12.4. The first-order valence-electron chi connectivity index (χ1n) is 24.4. The third-order valence-corrected chi connectivity index (χ3v) is 11.0. The Morgan fingerprint density at radius 1 is 0.436 bits per heavy atom. The molecule has 322 valence electrons. The van der Waals surface area contributed by atoms with Gasteiger partial charge in [0.25, 0.3) is 0 Å². The van der Waals surface area contributed by atoms with Crippen LogP contribution in [0.1, 0.15) is 251 Å². The molecule has 0 spiro atoms. The van der Waals surface area contributed by atoms with E-state index in [0.29, 0.717) is 6.42 Å². The van der Waals surface area contributed by atoms with Crippen LogP contribution in [0.2, 0.25) is 0 Å². The van der Waals surface area contributed by atoms with Gasteiger partial charge in [-0.1, -0.05) is 229 Å². The molecule has 0 fully saturated rings. The van der Waals surface area contributed by atoms with Crippen LogP contribution in [0.15, 0.2) is 48.6 Å². The molecule has 4 heteroatoms. The van der Waals surface area contributed by atoms with Gasteiger partial charge in [-0.05, 0) is 64.2 Å². The van der Waals surface area contributed by atoms with Crippen LogP contribution in [0.5, 0.6) is 0 Å². The fraction of sp³-hybridized carbons (Fsp3) is 0.824. The highest BCUT2D eigenvalue weighted by atomic mass is 16.3. The second-order valence-corrected chi connectivity index (χ2v) is 16.5. The van der Waals surface area contributed by atoms with Gasteiger partial charge < -0.3 is 15.5 Å². The molecular weight excluding hydrogens is 675 g/mol. The van der Waals surface area contributed by atoms with Gasteiger partial charge in [-0.2, -0.15) is 0 Å². The van der Waals surface area contributed by atoms with Crippen LogP contribution in [0.4, 0.5) is 0 Å². The van der Waals surface area contributed by atoms with Crippen molar-refractivity contribution in [1.29, 1.82) is 0 Å². The molecule has 4 nitrogen and oxygen atoms in total. The highest BCUT2D eigenvalue weighted by molar-refractivity contribution is 5.76. The van der Waals surface area contributed by atoms with E-state index in [1.807, 2.05) is 6.08 Å². The highest BCUT2D eigenvalue weighted by Gasteiger charge is 2.17. The average molecular weight is 770 g/mol. The summed E-state index contributed by atoms with van der Waals surface area (Å²) >= 11 is 0. The zero-order chi connectivity index (χ0) is 40.0. The second kappa shape index (κ2) is 46.7. The summed E-state index contributed by atoms with van der Waals surface area (Å²) < 4.78 is 0. The van der Waals surface area contributed by atoms with E-state index in [-0.39, 0.29) is 12.5 Å². The average Bonchev–Trinajstić information content (AvgIpc) is 3.19. The zero-order valence-corrected chi connectivity index (χ0v) is 36.9. The summed E-state index contributed by atoms with van der Waals surface area (Å²) in [6.07, 6.45) is 63.9. The Labute approximate surface area is 344 Å². The summed E-state index contributed by atoms with van der Waals surface area (Å²) in [6.45, 7) is 4.30. The summed E-state index contributed by atoms with van der Waals surface area (Å²) in [5.74, 6) is -0.0747. The number of hydrogen-bond donors (Lipinski definition) is 3. The Bertz CT molecular complexity index is 877. The Kier molecular flexibility index (Phi) is 45.3. The van der Waals surface area contributed by atoms with Crippen LogP contribution < -0.4 is 5.32 Å². The second-order valence-electron chi connectivity index (χ2n) is 16.5. The minimum atomic E-state index is -0.862. The van der Waals surface area contributed by atoms with Crippen LogP contribution in [0, 0.1) is 0 Å². The van der Waals surface area contributed by atoms with Crippen molar-refractivity contribution in [2.24, 2.45) is 0 Å². The third kappa shape index (κ3) is 43.3. The molecule has 0 bridgehead atoms. The molecule has 0 aliphatic heterocycles. The molecule has 0 saturated heterocycles. The number of carbonyl (C=O) groups excluding carboxylic acids is 1. The van der Waals surface area contributed by atoms with E-state index in [4.69, 9.17) is 0 Å². The van der Waals surface area contributed by atoms with E-state index >= 15 is 0 Å². The third-order valence-electron chi connectivity index (χ3n) is 11.0. The van der Waals surface area contributed by atoms with E-state index in [1.165, 1.54) is 193 Å². The summed E-state index contributed by atoms with van der Waals surface area (Å²) in [5, 5.41) is 23.0. The molecule has 2 unspecified atom stereocenters. The minimum absolute atomic E-state index is 0.0747. The van der Waals surface area contributed by atoms with E-state index in [2.05, 4.69) is 55.6 Å². The lowest BCUT2D eigenvalue weighted by Gasteiger charge is -2.19. The van der Waals surface area contributed by atoms with Gasteiger partial charge in [0.15, 0.2) is 0 Å². The smallest absolute Gasteiger partial charge is 0.220 e. The molecule has 0 aliphatic rings. The van der Waals surface area contributed by atoms with Gasteiger partial charge >= 0.3 is 0 Å². The number of carbonyl (C=O) groups is 1. The van der Waals surface area contributed by atoms with Crippen molar-refractivity contribution >= 4 is 5.91 Å². The number of aliphatic hydroxyl groups excluding tert-OH is 2. The SMILES string of the molecule is CCCCCCCCCC/C=C/CC/C=C/C(O)C(CO)NC(=O)CCCCCCCCCCCCCCC/C=C\C/C=C\CCCCCCCCCCC. The summed E-state index contributed by atoms with van der Waals surface area (Å²) in [7, 11) is 0. The fourth-order valence-electron chi connectivity index (χ4n) is 7.28. The first-order chi connectivity index (χ1) is 27.2. The fourth-order valence-corrected chi connectivity index (χ4v) is 7.28. The maximum Gasteiger partial charge on any atom is 0.220 e. The first-order valence-corrected chi connectivity index (χ1v) is 24.4. The maximum absolute atomic E-state index is 12.4. The number of allylic oxidation sites excluding steroid dienone is 7.